The van der Waals surface area contributed by atoms with Gasteiger partial charge in [-0.15, -0.1) is 0 Å². The van der Waals surface area contributed by atoms with E-state index in [2.05, 4.69) is 16.0 Å². The Labute approximate surface area is 240 Å². The highest BCUT2D eigenvalue weighted by atomic mass is 16.7. The summed E-state index contributed by atoms with van der Waals surface area (Å²) in [5, 5.41) is 52.2. The predicted molar refractivity (Wildman–Crippen MR) is 148 cm³/mol. The number of nitrogens with two attached hydrogens (primary N) is 4. The fourth-order valence-corrected chi connectivity index (χ4v) is 6.12. The molecule has 0 bridgehead atoms. The first-order valence-corrected chi connectivity index (χ1v) is 14.4. The van der Waals surface area contributed by atoms with Gasteiger partial charge in [-0.25, -0.2) is 0 Å². The minimum Gasteiger partial charge on any atom is -0.492 e. The van der Waals surface area contributed by atoms with Gasteiger partial charge in [-0.3, -0.25) is 4.79 Å². The number of rotatable bonds is 11. The van der Waals surface area contributed by atoms with Gasteiger partial charge in [-0.05, 0) is 45.7 Å². The largest absolute Gasteiger partial charge is 0.492 e. The Kier molecular flexibility index (Phi) is 10.3. The molecule has 2 saturated carbocycles. The van der Waals surface area contributed by atoms with Crippen molar-refractivity contribution in [1.29, 1.82) is 0 Å². The van der Waals surface area contributed by atoms with E-state index < -0.39 is 78.4 Å². The number of amides is 1. The van der Waals surface area contributed by atoms with Crippen molar-refractivity contribution in [1.82, 2.24) is 16.0 Å². The van der Waals surface area contributed by atoms with Crippen LogP contribution >= 0.6 is 0 Å². The van der Waals surface area contributed by atoms with Crippen LogP contribution in [0.4, 0.5) is 0 Å². The fourth-order valence-electron chi connectivity index (χ4n) is 6.12. The summed E-state index contributed by atoms with van der Waals surface area (Å²) in [6, 6.07) is -2.81. The molecule has 41 heavy (non-hydrogen) atoms. The molecule has 1 saturated heterocycles. The molecule has 2 aliphatic carbocycles. The van der Waals surface area contributed by atoms with Crippen molar-refractivity contribution < 1.29 is 39.4 Å². The van der Waals surface area contributed by atoms with Gasteiger partial charge in [0.15, 0.2) is 6.29 Å². The van der Waals surface area contributed by atoms with Crippen LogP contribution in [0, 0.1) is 5.92 Å². The summed E-state index contributed by atoms with van der Waals surface area (Å²) < 4.78 is 18.1. The Bertz CT molecular complexity index is 938. The van der Waals surface area contributed by atoms with Crippen molar-refractivity contribution in [2.24, 2.45) is 28.9 Å². The zero-order chi connectivity index (χ0) is 30.1. The number of aliphatic hydroxyl groups is 4. The van der Waals surface area contributed by atoms with Gasteiger partial charge in [-0.2, -0.15) is 0 Å². The summed E-state index contributed by atoms with van der Waals surface area (Å²) in [6.45, 7) is 2.17. The monoisotopic (exact) mass is 587 g/mol. The van der Waals surface area contributed by atoms with Gasteiger partial charge in [0.05, 0.1) is 31.3 Å². The third-order valence-electron chi connectivity index (χ3n) is 8.81. The SMILES string of the molecule is CN[C@@H]1[C@@H](O)[C@@H](O[C@H]2[C@H](NC(=O)[C@@H](O)CN)C[C@H](N)C([C@H]3OC(CNCC4(N)CC4)=CC[C@H]3N)[C@@H]2O)OC[C@]1(C)O. The molecule has 0 spiro atoms. The molecule has 1 unspecified atom stereocenters. The fraction of sp³-hybridized carbons (Fsp3) is 0.885. The highest BCUT2D eigenvalue weighted by Crippen LogP contribution is 2.37. The second-order valence-electron chi connectivity index (χ2n) is 12.3. The van der Waals surface area contributed by atoms with E-state index in [0.717, 1.165) is 12.8 Å². The maximum absolute atomic E-state index is 12.6. The van der Waals surface area contributed by atoms with Gasteiger partial charge >= 0.3 is 0 Å². The quantitative estimate of drug-likeness (QED) is 0.108. The van der Waals surface area contributed by atoms with E-state index in [1.54, 1.807) is 7.05 Å². The summed E-state index contributed by atoms with van der Waals surface area (Å²) in [6.07, 6.45) is -2.66. The maximum Gasteiger partial charge on any atom is 0.250 e. The maximum atomic E-state index is 12.6. The van der Waals surface area contributed by atoms with Crippen LogP contribution < -0.4 is 38.9 Å². The highest BCUT2D eigenvalue weighted by molar-refractivity contribution is 5.81. The number of carbonyl (C=O) groups excluding carboxylic acids is 1. The molecule has 0 radical (unpaired) electrons. The molecule has 2 aliphatic heterocycles. The predicted octanol–water partition coefficient (Wildman–Crippen LogP) is -4.98. The Morgan fingerprint density at radius 2 is 1.95 bits per heavy atom. The Balaban J connectivity index is 1.52. The van der Waals surface area contributed by atoms with Crippen molar-refractivity contribution in [2.45, 2.75) is 105 Å². The molecule has 4 aliphatic rings. The Morgan fingerprint density at radius 1 is 1.24 bits per heavy atom. The third-order valence-corrected chi connectivity index (χ3v) is 8.81. The normalized spacial score (nSPS) is 43.0. The zero-order valence-corrected chi connectivity index (χ0v) is 23.8. The standard InChI is InChI=1S/C26H49N7O8/c1-25(38)11-39-24(19(36)22(25)31-2)41-21-15(33-23(37)16(34)8-27)7-14(29)17(18(21)35)20-13(28)4-3-12(40-20)9-32-10-26(30)5-6-26/h3,13-22,24,31-32,34-36,38H,4-11,27-30H2,1-2H3,(H,33,37)/t13-,14+,15-,16+,17?,18+,19-,20+,21+,22-,24-,25+/m1/s1. The molecule has 15 heteroatoms. The van der Waals surface area contributed by atoms with Crippen LogP contribution in [-0.2, 0) is 19.0 Å². The van der Waals surface area contributed by atoms with E-state index in [1.807, 2.05) is 6.08 Å². The van der Waals surface area contributed by atoms with E-state index in [-0.39, 0.29) is 25.1 Å². The summed E-state index contributed by atoms with van der Waals surface area (Å²) in [4.78, 5) is 12.6. The second kappa shape index (κ2) is 13.0. The molecule has 0 aromatic heterocycles. The van der Waals surface area contributed by atoms with Crippen LogP contribution in [0.25, 0.3) is 0 Å². The minimum absolute atomic E-state index is 0.144. The molecular weight excluding hydrogens is 538 g/mol. The number of ether oxygens (including phenoxy) is 3. The molecule has 15 N–H and O–H groups in total. The molecule has 3 fully saturated rings. The third kappa shape index (κ3) is 7.37. The Morgan fingerprint density at radius 3 is 2.59 bits per heavy atom. The number of hydrogen-bond acceptors (Lipinski definition) is 14. The lowest BCUT2D eigenvalue weighted by atomic mass is 9.72. The first kappa shape index (κ1) is 32.4. The minimum atomic E-state index is -1.47. The van der Waals surface area contributed by atoms with E-state index in [9.17, 15) is 25.2 Å². The first-order chi connectivity index (χ1) is 19.3. The number of likely N-dealkylation sites (N-methyl/N-ethyl adjacent to an activating group) is 1. The van der Waals surface area contributed by atoms with Crippen LogP contribution in [0.5, 0.6) is 0 Å². The van der Waals surface area contributed by atoms with Gasteiger partial charge in [0.2, 0.25) is 5.91 Å². The van der Waals surface area contributed by atoms with Crippen molar-refractivity contribution in [3.8, 4) is 0 Å². The van der Waals surface area contributed by atoms with E-state index in [1.165, 1.54) is 6.92 Å². The second-order valence-corrected chi connectivity index (χ2v) is 12.3. The van der Waals surface area contributed by atoms with Crippen molar-refractivity contribution in [3.63, 3.8) is 0 Å². The average molecular weight is 588 g/mol. The summed E-state index contributed by atoms with van der Waals surface area (Å²) in [7, 11) is 1.59. The average Bonchev–Trinajstić information content (AvgIpc) is 3.65. The topological polar surface area (TPSA) is 266 Å². The van der Waals surface area contributed by atoms with Gasteiger partial charge in [-0.1, -0.05) is 0 Å². The van der Waals surface area contributed by atoms with E-state index >= 15 is 0 Å². The van der Waals surface area contributed by atoms with Gasteiger partial charge in [0, 0.05) is 36.6 Å². The van der Waals surface area contributed by atoms with Gasteiger partial charge in [0.25, 0.3) is 0 Å². The number of hydrogen-bond donors (Lipinski definition) is 11. The van der Waals surface area contributed by atoms with Crippen molar-refractivity contribution in [2.75, 3.05) is 33.3 Å². The van der Waals surface area contributed by atoms with Crippen LogP contribution in [0.2, 0.25) is 0 Å². The number of nitrogens with one attached hydrogen (secondary N) is 3. The molecule has 1 amide bonds. The molecule has 4 rings (SSSR count). The van der Waals surface area contributed by atoms with Gasteiger partial charge in [0.1, 0.15) is 35.8 Å². The molecule has 2 heterocycles. The summed E-state index contributed by atoms with van der Waals surface area (Å²) >= 11 is 0. The van der Waals surface area contributed by atoms with Crippen LogP contribution in [-0.4, -0.2) is 132 Å². The number of carbonyl (C=O) groups is 1. The molecule has 0 aromatic carbocycles. The van der Waals surface area contributed by atoms with Gasteiger partial charge < -0.3 is 73.5 Å². The smallest absolute Gasteiger partial charge is 0.250 e. The molecule has 0 aromatic rings. The molecule has 15 nitrogen and oxygen atoms in total. The summed E-state index contributed by atoms with van der Waals surface area (Å²) in [5.41, 5.74) is 23.1. The number of aliphatic hydroxyl groups excluding tert-OH is 3. The zero-order valence-electron chi connectivity index (χ0n) is 23.8. The lowest BCUT2D eigenvalue weighted by Crippen LogP contribution is -2.69. The van der Waals surface area contributed by atoms with E-state index in [4.69, 9.17) is 37.1 Å². The highest BCUT2D eigenvalue weighted by Gasteiger charge is 2.53. The molecular formula is C26H49N7O8. The first-order valence-electron chi connectivity index (χ1n) is 14.4. The Hall–Kier alpha value is -1.47. The lowest BCUT2D eigenvalue weighted by molar-refractivity contribution is -0.297. The van der Waals surface area contributed by atoms with Crippen LogP contribution in [0.1, 0.15) is 32.6 Å². The van der Waals surface area contributed by atoms with Crippen LogP contribution in [0.15, 0.2) is 11.8 Å². The van der Waals surface area contributed by atoms with Crippen molar-refractivity contribution >= 4 is 5.91 Å². The lowest BCUT2D eigenvalue weighted by Gasteiger charge is -2.50. The van der Waals surface area contributed by atoms with Crippen LogP contribution in [0.3, 0.4) is 0 Å². The molecule has 236 valence electrons. The van der Waals surface area contributed by atoms with E-state index in [0.29, 0.717) is 25.3 Å². The summed E-state index contributed by atoms with van der Waals surface area (Å²) in [5.74, 6) is -0.788. The molecule has 12 atom stereocenters. The van der Waals surface area contributed by atoms with Crippen molar-refractivity contribution in [3.05, 3.63) is 11.8 Å².